The van der Waals surface area contributed by atoms with Crippen molar-refractivity contribution in [3.05, 3.63) is 46.0 Å². The Bertz CT molecular complexity index is 405. The van der Waals surface area contributed by atoms with Crippen molar-refractivity contribution >= 4 is 6.47 Å². The fraction of sp³-hybridized carbons (Fsp3) is 0.500. The van der Waals surface area contributed by atoms with Gasteiger partial charge >= 0.3 is 0 Å². The van der Waals surface area contributed by atoms with Gasteiger partial charge in [0.05, 0.1) is 6.04 Å². The first kappa shape index (κ1) is 15.9. The zero-order valence-corrected chi connectivity index (χ0v) is 11.4. The second kappa shape index (κ2) is 8.90. The van der Waals surface area contributed by atoms with Crippen molar-refractivity contribution in [3.8, 4) is 0 Å². The summed E-state index contributed by atoms with van der Waals surface area (Å²) in [6.07, 6.45) is 5.35. The van der Waals surface area contributed by atoms with Crippen molar-refractivity contribution in [2.45, 2.75) is 44.7 Å². The number of hydrogen-bond donors (Lipinski definition) is 1. The van der Waals surface area contributed by atoms with Crippen LogP contribution in [0.25, 0.3) is 0 Å². The smallest absolute Gasteiger partial charge is 0.290 e. The molecule has 1 saturated carbocycles. The van der Waals surface area contributed by atoms with Gasteiger partial charge in [-0.2, -0.15) is 0 Å². The lowest BCUT2D eigenvalue weighted by molar-refractivity contribution is -0.669. The number of hydrogen-bond acceptors (Lipinski definition) is 3. The summed E-state index contributed by atoms with van der Waals surface area (Å²) in [6.45, 7) is 0.165. The summed E-state index contributed by atoms with van der Waals surface area (Å²) < 4.78 is 0. The Balaban J connectivity index is 0.000000612. The van der Waals surface area contributed by atoms with Crippen molar-refractivity contribution < 1.29 is 14.9 Å². The highest BCUT2D eigenvalue weighted by Gasteiger charge is 2.27. The Kier molecular flexibility index (Phi) is 7.10. The molecule has 110 valence electrons. The van der Waals surface area contributed by atoms with Crippen LogP contribution in [0.1, 0.15) is 37.7 Å². The van der Waals surface area contributed by atoms with E-state index < -0.39 is 0 Å². The van der Waals surface area contributed by atoms with Gasteiger partial charge in [0.15, 0.2) is 5.03 Å². The molecule has 0 aromatic heterocycles. The lowest BCUT2D eigenvalue weighted by Crippen LogP contribution is -2.40. The number of benzene rings is 1. The zero-order chi connectivity index (χ0) is 14.8. The molecule has 0 saturated heterocycles. The summed E-state index contributed by atoms with van der Waals surface area (Å²) >= 11 is 0. The molecule has 6 nitrogen and oxygen atoms in total. The minimum absolute atomic E-state index is 0.110. The van der Waals surface area contributed by atoms with Gasteiger partial charge in [0.1, 0.15) is 6.54 Å². The van der Waals surface area contributed by atoms with Crippen LogP contribution in [0.5, 0.6) is 0 Å². The molecule has 1 aromatic carbocycles. The number of hydrazine groups is 1. The first-order chi connectivity index (χ1) is 9.69. The van der Waals surface area contributed by atoms with Gasteiger partial charge in [0.25, 0.3) is 6.47 Å². The van der Waals surface area contributed by atoms with Crippen LogP contribution in [-0.4, -0.2) is 27.7 Å². The third kappa shape index (κ3) is 5.26. The molecule has 1 N–H and O–H groups in total. The maximum Gasteiger partial charge on any atom is 0.290 e. The van der Waals surface area contributed by atoms with Crippen molar-refractivity contribution in [3.63, 3.8) is 0 Å². The van der Waals surface area contributed by atoms with Crippen LogP contribution in [0.3, 0.4) is 0 Å². The molecular formula is C14H20N2O4. The van der Waals surface area contributed by atoms with Crippen molar-refractivity contribution in [1.29, 1.82) is 0 Å². The highest BCUT2D eigenvalue weighted by Crippen LogP contribution is 2.23. The third-order valence-corrected chi connectivity index (χ3v) is 3.39. The van der Waals surface area contributed by atoms with Crippen LogP contribution in [0.4, 0.5) is 0 Å². The summed E-state index contributed by atoms with van der Waals surface area (Å²) in [4.78, 5) is 19.5. The molecular weight excluding hydrogens is 260 g/mol. The lowest BCUT2D eigenvalue weighted by Gasteiger charge is -2.27. The van der Waals surface area contributed by atoms with Crippen molar-refractivity contribution in [2.24, 2.45) is 0 Å². The van der Waals surface area contributed by atoms with Gasteiger partial charge in [-0.25, -0.2) is 10.1 Å². The van der Waals surface area contributed by atoms with E-state index in [1.165, 1.54) is 11.4 Å². The van der Waals surface area contributed by atoms with E-state index in [1.807, 2.05) is 30.3 Å². The Morgan fingerprint density at radius 3 is 2.30 bits per heavy atom. The van der Waals surface area contributed by atoms with E-state index in [-0.39, 0.29) is 17.5 Å². The Morgan fingerprint density at radius 2 is 1.80 bits per heavy atom. The van der Waals surface area contributed by atoms with Gasteiger partial charge in [-0.1, -0.05) is 49.6 Å². The second-order valence-electron chi connectivity index (χ2n) is 4.72. The van der Waals surface area contributed by atoms with Crippen LogP contribution >= 0.6 is 0 Å². The molecule has 1 fully saturated rings. The molecule has 0 aliphatic heterocycles. The Labute approximate surface area is 118 Å². The van der Waals surface area contributed by atoms with E-state index in [4.69, 9.17) is 9.90 Å². The highest BCUT2D eigenvalue weighted by atomic mass is 16.7. The molecule has 0 spiro atoms. The fourth-order valence-corrected chi connectivity index (χ4v) is 2.47. The predicted octanol–water partition coefficient (Wildman–Crippen LogP) is 2.71. The first-order valence-corrected chi connectivity index (χ1v) is 6.71. The quantitative estimate of drug-likeness (QED) is 0.521. The average Bonchev–Trinajstić information content (AvgIpc) is 2.47. The molecule has 0 bridgehead atoms. The lowest BCUT2D eigenvalue weighted by atomic mass is 9.95. The van der Waals surface area contributed by atoms with Gasteiger partial charge in [0.2, 0.25) is 0 Å². The van der Waals surface area contributed by atoms with E-state index in [0.717, 1.165) is 31.2 Å². The minimum Gasteiger partial charge on any atom is -0.483 e. The van der Waals surface area contributed by atoms with Crippen molar-refractivity contribution in [2.75, 3.05) is 0 Å². The highest BCUT2D eigenvalue weighted by molar-refractivity contribution is 5.32. The summed E-state index contributed by atoms with van der Waals surface area (Å²) in [5.41, 5.74) is 1.01. The molecule has 2 rings (SSSR count). The molecule has 0 radical (unpaired) electrons. The maximum atomic E-state index is 11.1. The molecule has 0 atom stereocenters. The summed E-state index contributed by atoms with van der Waals surface area (Å²) in [5, 5.41) is 19.2. The Hall–Kier alpha value is -2.11. The third-order valence-electron chi connectivity index (χ3n) is 3.39. The van der Waals surface area contributed by atoms with Crippen LogP contribution in [0.2, 0.25) is 0 Å². The van der Waals surface area contributed by atoms with E-state index in [9.17, 15) is 10.1 Å². The van der Waals surface area contributed by atoms with Gasteiger partial charge in [0, 0.05) is 0 Å². The van der Waals surface area contributed by atoms with Crippen molar-refractivity contribution in [1.82, 2.24) is 5.01 Å². The summed E-state index contributed by atoms with van der Waals surface area (Å²) in [7, 11) is 0. The zero-order valence-electron chi connectivity index (χ0n) is 11.4. The molecule has 1 aliphatic carbocycles. The summed E-state index contributed by atoms with van der Waals surface area (Å²) in [5.74, 6) is 0. The number of carbonyl (C=O) groups is 1. The first-order valence-electron chi connectivity index (χ1n) is 6.71. The topological polar surface area (TPSA) is 83.7 Å². The number of rotatable bonds is 4. The number of nitro groups is 1. The second-order valence-corrected chi connectivity index (χ2v) is 4.72. The molecule has 0 unspecified atom stereocenters. The van der Waals surface area contributed by atoms with Crippen LogP contribution < -0.4 is 0 Å². The van der Waals surface area contributed by atoms with E-state index in [0.29, 0.717) is 6.54 Å². The van der Waals surface area contributed by atoms with Crippen LogP contribution in [-0.2, 0) is 11.3 Å². The minimum atomic E-state index is -0.250. The standard InChI is InChI=1S/C13H18N2O2.CH2O2/c16-15(17)14(13-9-5-2-6-10-13)11-12-7-3-1-4-8-12;2-1-3/h1,3-4,7-8,13H,2,5-6,9-11H2;1H,(H,2,3). The SMILES string of the molecule is O=CO.O=[N+]([O-])N(Cc1ccccc1)C1CCCCC1. The Morgan fingerprint density at radius 1 is 1.25 bits per heavy atom. The predicted molar refractivity (Wildman–Crippen MR) is 74.5 cm³/mol. The molecule has 1 aromatic rings. The van der Waals surface area contributed by atoms with Gasteiger partial charge < -0.3 is 5.11 Å². The monoisotopic (exact) mass is 280 g/mol. The van der Waals surface area contributed by atoms with Gasteiger partial charge in [-0.05, 0) is 18.4 Å². The summed E-state index contributed by atoms with van der Waals surface area (Å²) in [6, 6.07) is 9.78. The molecule has 1 aliphatic rings. The van der Waals surface area contributed by atoms with Gasteiger partial charge in [-0.15, -0.1) is 5.01 Å². The fourth-order valence-electron chi connectivity index (χ4n) is 2.47. The van der Waals surface area contributed by atoms with E-state index >= 15 is 0 Å². The van der Waals surface area contributed by atoms with Crippen LogP contribution in [0, 0.1) is 10.1 Å². The van der Waals surface area contributed by atoms with Crippen LogP contribution in [0.15, 0.2) is 30.3 Å². The number of carboxylic acid groups (broad SMARTS) is 1. The van der Waals surface area contributed by atoms with E-state index in [2.05, 4.69) is 0 Å². The normalized spacial score (nSPS) is 14.8. The molecule has 0 heterocycles. The largest absolute Gasteiger partial charge is 0.483 e. The molecule has 0 amide bonds. The van der Waals surface area contributed by atoms with E-state index in [1.54, 1.807) is 0 Å². The molecule has 20 heavy (non-hydrogen) atoms. The molecule has 6 heteroatoms. The number of nitrogens with zero attached hydrogens (tertiary/aromatic N) is 2. The average molecular weight is 280 g/mol. The maximum absolute atomic E-state index is 11.1. The van der Waals surface area contributed by atoms with Gasteiger partial charge in [-0.3, -0.25) is 4.79 Å².